The van der Waals surface area contributed by atoms with Crippen molar-refractivity contribution >= 4 is 5.91 Å². The van der Waals surface area contributed by atoms with Gasteiger partial charge in [-0.1, -0.05) is 6.92 Å². The first-order valence-electron chi connectivity index (χ1n) is 7.93. The molecule has 2 heterocycles. The van der Waals surface area contributed by atoms with Crippen LogP contribution in [-0.4, -0.2) is 54.1 Å². The number of rotatable bonds is 4. The second-order valence-corrected chi connectivity index (χ2v) is 6.16. The average Bonchev–Trinajstić information content (AvgIpc) is 3.04. The Morgan fingerprint density at radius 3 is 2.83 bits per heavy atom. The first kappa shape index (κ1) is 15.5. The number of aromatic nitrogens is 6. The number of carbonyl (C=O) groups is 1. The SMILES string of the molecule is CC1CCC(N(C)C(=O)Cn2nnc(-c3ccncn3)n2)CC1. The Bertz CT molecular complexity index is 649. The molecule has 3 rings (SSSR count). The highest BCUT2D eigenvalue weighted by atomic mass is 16.2. The maximum absolute atomic E-state index is 12.4. The molecule has 0 unspecified atom stereocenters. The minimum absolute atomic E-state index is 0.0104. The van der Waals surface area contributed by atoms with Crippen LogP contribution >= 0.6 is 0 Å². The summed E-state index contributed by atoms with van der Waals surface area (Å²) >= 11 is 0. The molecule has 8 heteroatoms. The molecule has 0 atom stereocenters. The van der Waals surface area contributed by atoms with Gasteiger partial charge in [0, 0.05) is 19.3 Å². The smallest absolute Gasteiger partial charge is 0.246 e. The number of hydrogen-bond acceptors (Lipinski definition) is 6. The van der Waals surface area contributed by atoms with Crippen LogP contribution in [0.4, 0.5) is 0 Å². The molecule has 0 aliphatic heterocycles. The third kappa shape index (κ3) is 3.69. The van der Waals surface area contributed by atoms with Crippen LogP contribution in [0.1, 0.15) is 32.6 Å². The van der Waals surface area contributed by atoms with Crippen molar-refractivity contribution in [1.29, 1.82) is 0 Å². The molecule has 1 saturated carbocycles. The van der Waals surface area contributed by atoms with Crippen molar-refractivity contribution in [3.05, 3.63) is 18.6 Å². The van der Waals surface area contributed by atoms with Gasteiger partial charge in [0.05, 0.1) is 0 Å². The van der Waals surface area contributed by atoms with E-state index in [1.54, 1.807) is 12.3 Å². The number of nitrogens with zero attached hydrogens (tertiary/aromatic N) is 7. The lowest BCUT2D eigenvalue weighted by molar-refractivity contribution is -0.133. The van der Waals surface area contributed by atoms with Gasteiger partial charge in [-0.3, -0.25) is 4.79 Å². The van der Waals surface area contributed by atoms with E-state index in [4.69, 9.17) is 0 Å². The quantitative estimate of drug-likeness (QED) is 0.841. The molecule has 0 spiro atoms. The Hall–Kier alpha value is -2.38. The number of amides is 1. The van der Waals surface area contributed by atoms with Gasteiger partial charge in [-0.15, -0.1) is 10.2 Å². The summed E-state index contributed by atoms with van der Waals surface area (Å²) in [5.41, 5.74) is 0.591. The molecule has 23 heavy (non-hydrogen) atoms. The lowest BCUT2D eigenvalue weighted by Crippen LogP contribution is -2.41. The van der Waals surface area contributed by atoms with Crippen molar-refractivity contribution in [2.45, 2.75) is 45.2 Å². The Morgan fingerprint density at radius 1 is 1.35 bits per heavy atom. The van der Waals surface area contributed by atoms with E-state index in [-0.39, 0.29) is 12.5 Å². The maximum atomic E-state index is 12.4. The summed E-state index contributed by atoms with van der Waals surface area (Å²) in [6.07, 6.45) is 7.55. The van der Waals surface area contributed by atoms with Crippen LogP contribution in [0.2, 0.25) is 0 Å². The molecule has 1 aliphatic rings. The van der Waals surface area contributed by atoms with Crippen LogP contribution in [0.25, 0.3) is 11.5 Å². The van der Waals surface area contributed by atoms with E-state index in [9.17, 15) is 4.79 Å². The normalized spacial score (nSPS) is 21.1. The predicted octanol–water partition coefficient (Wildman–Crippen LogP) is 1.17. The molecule has 0 aromatic carbocycles. The Kier molecular flexibility index (Phi) is 4.59. The number of hydrogen-bond donors (Lipinski definition) is 0. The van der Waals surface area contributed by atoms with Gasteiger partial charge in [0.1, 0.15) is 18.6 Å². The van der Waals surface area contributed by atoms with Crippen LogP contribution < -0.4 is 0 Å². The van der Waals surface area contributed by atoms with Gasteiger partial charge in [0.15, 0.2) is 0 Å². The van der Waals surface area contributed by atoms with Gasteiger partial charge in [0.25, 0.3) is 0 Å². The predicted molar refractivity (Wildman–Crippen MR) is 83.0 cm³/mol. The Morgan fingerprint density at radius 2 is 2.13 bits per heavy atom. The van der Waals surface area contributed by atoms with Crippen LogP contribution in [0.15, 0.2) is 18.6 Å². The highest BCUT2D eigenvalue weighted by Gasteiger charge is 2.25. The zero-order chi connectivity index (χ0) is 16.2. The van der Waals surface area contributed by atoms with Crippen molar-refractivity contribution in [3.63, 3.8) is 0 Å². The van der Waals surface area contributed by atoms with Crippen LogP contribution in [0, 0.1) is 5.92 Å². The van der Waals surface area contributed by atoms with Gasteiger partial charge in [-0.25, -0.2) is 9.97 Å². The molecule has 0 radical (unpaired) electrons. The summed E-state index contributed by atoms with van der Waals surface area (Å²) in [5, 5.41) is 12.1. The van der Waals surface area contributed by atoms with E-state index in [2.05, 4.69) is 32.3 Å². The second kappa shape index (κ2) is 6.80. The van der Waals surface area contributed by atoms with E-state index in [1.165, 1.54) is 24.0 Å². The third-order valence-corrected chi connectivity index (χ3v) is 4.47. The molecule has 1 fully saturated rings. The Balaban J connectivity index is 1.61. The van der Waals surface area contributed by atoms with Crippen LogP contribution in [0.5, 0.6) is 0 Å². The molecule has 2 aromatic rings. The molecule has 0 bridgehead atoms. The molecule has 1 aliphatic carbocycles. The maximum Gasteiger partial charge on any atom is 0.246 e. The van der Waals surface area contributed by atoms with Crippen molar-refractivity contribution in [1.82, 2.24) is 35.1 Å². The minimum Gasteiger partial charge on any atom is -0.341 e. The summed E-state index contributed by atoms with van der Waals surface area (Å²) in [6.45, 7) is 2.37. The van der Waals surface area contributed by atoms with E-state index in [0.717, 1.165) is 18.8 Å². The largest absolute Gasteiger partial charge is 0.341 e. The van der Waals surface area contributed by atoms with Crippen molar-refractivity contribution in [2.75, 3.05) is 7.05 Å². The van der Waals surface area contributed by atoms with Gasteiger partial charge < -0.3 is 4.90 Å². The minimum atomic E-state index is 0.0104. The van der Waals surface area contributed by atoms with E-state index in [0.29, 0.717) is 17.6 Å². The van der Waals surface area contributed by atoms with Gasteiger partial charge in [-0.2, -0.15) is 4.80 Å². The fourth-order valence-electron chi connectivity index (χ4n) is 2.90. The monoisotopic (exact) mass is 315 g/mol. The van der Waals surface area contributed by atoms with Gasteiger partial charge in [0.2, 0.25) is 11.7 Å². The molecule has 1 amide bonds. The van der Waals surface area contributed by atoms with Gasteiger partial charge in [-0.05, 0) is 42.9 Å². The summed E-state index contributed by atoms with van der Waals surface area (Å²) in [7, 11) is 1.87. The van der Waals surface area contributed by atoms with E-state index < -0.39 is 0 Å². The van der Waals surface area contributed by atoms with E-state index >= 15 is 0 Å². The molecule has 0 N–H and O–H groups in total. The third-order valence-electron chi connectivity index (χ3n) is 4.47. The van der Waals surface area contributed by atoms with Crippen LogP contribution in [-0.2, 0) is 11.3 Å². The molecule has 8 nitrogen and oxygen atoms in total. The highest BCUT2D eigenvalue weighted by Crippen LogP contribution is 2.26. The highest BCUT2D eigenvalue weighted by molar-refractivity contribution is 5.75. The summed E-state index contributed by atoms with van der Waals surface area (Å²) in [4.78, 5) is 23.5. The first-order chi connectivity index (χ1) is 11.1. The van der Waals surface area contributed by atoms with Crippen molar-refractivity contribution in [2.24, 2.45) is 5.92 Å². The fourth-order valence-corrected chi connectivity index (χ4v) is 2.90. The topological polar surface area (TPSA) is 89.7 Å². The number of tetrazole rings is 1. The Labute approximate surface area is 134 Å². The average molecular weight is 315 g/mol. The molecule has 0 saturated heterocycles. The molecule has 122 valence electrons. The molecular formula is C15H21N7O. The molecular weight excluding hydrogens is 294 g/mol. The standard InChI is InChI=1S/C15H21N7O/c1-11-3-5-12(6-4-11)21(2)14(23)9-22-19-15(18-20-22)13-7-8-16-10-17-13/h7-8,10-12H,3-6,9H2,1-2H3. The molecule has 2 aromatic heterocycles. The first-order valence-corrected chi connectivity index (χ1v) is 7.93. The second-order valence-electron chi connectivity index (χ2n) is 6.16. The van der Waals surface area contributed by atoms with Crippen LogP contribution in [0.3, 0.4) is 0 Å². The zero-order valence-electron chi connectivity index (χ0n) is 13.5. The number of likely N-dealkylation sites (N-methyl/N-ethyl adjacent to an activating group) is 1. The number of carbonyl (C=O) groups excluding carboxylic acids is 1. The van der Waals surface area contributed by atoms with Gasteiger partial charge >= 0.3 is 0 Å². The van der Waals surface area contributed by atoms with Crippen molar-refractivity contribution in [3.8, 4) is 11.5 Å². The lowest BCUT2D eigenvalue weighted by atomic mass is 9.87. The fraction of sp³-hybridized carbons (Fsp3) is 0.600. The summed E-state index contributed by atoms with van der Waals surface area (Å²) in [5.74, 6) is 1.17. The van der Waals surface area contributed by atoms with E-state index in [1.807, 2.05) is 11.9 Å². The lowest BCUT2D eigenvalue weighted by Gasteiger charge is -2.33. The summed E-state index contributed by atoms with van der Waals surface area (Å²) < 4.78 is 0. The van der Waals surface area contributed by atoms with Crippen molar-refractivity contribution < 1.29 is 4.79 Å². The summed E-state index contributed by atoms with van der Waals surface area (Å²) in [6, 6.07) is 2.03. The zero-order valence-corrected chi connectivity index (χ0v) is 13.5.